The van der Waals surface area contributed by atoms with Crippen LogP contribution in [0.4, 0.5) is 25.8 Å². The Morgan fingerprint density at radius 3 is 2.57 bits per heavy atom. The smallest absolute Gasteiger partial charge is 0.161 e. The van der Waals surface area contributed by atoms with Gasteiger partial charge in [0.05, 0.1) is 22.6 Å². The van der Waals surface area contributed by atoms with Gasteiger partial charge in [0.2, 0.25) is 0 Å². The van der Waals surface area contributed by atoms with Gasteiger partial charge in [-0.2, -0.15) is 0 Å². The number of amidine groups is 1. The predicted octanol–water partition coefficient (Wildman–Crippen LogP) is 3.41. The molecule has 1 fully saturated rings. The zero-order chi connectivity index (χ0) is 16.0. The number of hydrogen-bond acceptors (Lipinski definition) is 5. The summed E-state index contributed by atoms with van der Waals surface area (Å²) in [6.45, 7) is 3.64. The Morgan fingerprint density at radius 2 is 1.78 bits per heavy atom. The van der Waals surface area contributed by atoms with E-state index in [0.717, 1.165) is 49.3 Å². The highest BCUT2D eigenvalue weighted by atomic mass is 32.1. The molecular weight excluding hydrogens is 318 g/mol. The van der Waals surface area contributed by atoms with E-state index in [9.17, 15) is 8.78 Å². The molecule has 0 atom stereocenters. The monoisotopic (exact) mass is 334 g/mol. The molecule has 1 N–H and O–H groups in total. The first kappa shape index (κ1) is 14.6. The average molecular weight is 334 g/mol. The van der Waals surface area contributed by atoms with Crippen LogP contribution in [0.5, 0.6) is 0 Å². The highest BCUT2D eigenvalue weighted by Crippen LogP contribution is 2.37. The van der Waals surface area contributed by atoms with Crippen molar-refractivity contribution in [3.63, 3.8) is 0 Å². The largest absolute Gasteiger partial charge is 0.353 e. The molecule has 0 radical (unpaired) electrons. The summed E-state index contributed by atoms with van der Waals surface area (Å²) in [4.78, 5) is 9.14. The van der Waals surface area contributed by atoms with Gasteiger partial charge in [-0.25, -0.2) is 13.8 Å². The van der Waals surface area contributed by atoms with Gasteiger partial charge in [-0.15, -0.1) is 11.3 Å². The zero-order valence-electron chi connectivity index (χ0n) is 12.6. The standard InChI is InChI=1S/C16H16F2N4S/c1-21-2-4-22(5-3-21)16-10-8-23-9-15(10)19-13-6-11(17)12(18)7-14(13)20-16/h6-9,19H,2-5H2,1H3. The highest BCUT2D eigenvalue weighted by molar-refractivity contribution is 7.08. The van der Waals surface area contributed by atoms with E-state index < -0.39 is 11.6 Å². The molecule has 2 aromatic rings. The van der Waals surface area contributed by atoms with Crippen LogP contribution in [-0.2, 0) is 0 Å². The van der Waals surface area contributed by atoms with Crippen LogP contribution in [0.2, 0.25) is 0 Å². The second-order valence-electron chi connectivity index (χ2n) is 5.83. The Bertz CT molecular complexity index is 778. The van der Waals surface area contributed by atoms with Crippen LogP contribution in [0.3, 0.4) is 0 Å². The Hall–Kier alpha value is -1.99. The molecule has 2 aliphatic rings. The minimum atomic E-state index is -0.878. The second kappa shape index (κ2) is 5.58. The summed E-state index contributed by atoms with van der Waals surface area (Å²) < 4.78 is 27.2. The molecule has 1 aromatic heterocycles. The van der Waals surface area contributed by atoms with E-state index in [1.165, 1.54) is 6.07 Å². The number of nitrogens with zero attached hydrogens (tertiary/aromatic N) is 3. The summed E-state index contributed by atoms with van der Waals surface area (Å²) in [5.41, 5.74) is 2.79. The molecule has 2 aliphatic heterocycles. The van der Waals surface area contributed by atoms with Gasteiger partial charge in [0.15, 0.2) is 11.6 Å². The number of fused-ring (bicyclic) bond motifs is 2. The van der Waals surface area contributed by atoms with E-state index in [0.29, 0.717) is 11.4 Å². The fraction of sp³-hybridized carbons (Fsp3) is 0.312. The van der Waals surface area contributed by atoms with Crippen molar-refractivity contribution in [1.82, 2.24) is 9.80 Å². The molecule has 0 amide bonds. The Kier molecular flexibility index (Phi) is 3.54. The van der Waals surface area contributed by atoms with Crippen LogP contribution in [0.1, 0.15) is 5.56 Å². The lowest BCUT2D eigenvalue weighted by Gasteiger charge is -2.34. The van der Waals surface area contributed by atoms with E-state index in [2.05, 4.69) is 27.2 Å². The van der Waals surface area contributed by atoms with Crippen LogP contribution in [0.15, 0.2) is 27.9 Å². The molecule has 3 heterocycles. The van der Waals surface area contributed by atoms with Crippen molar-refractivity contribution in [2.75, 3.05) is 38.5 Å². The van der Waals surface area contributed by atoms with Crippen molar-refractivity contribution in [2.45, 2.75) is 0 Å². The SMILES string of the molecule is CN1CCN(C2=Nc3cc(F)c(F)cc3Nc3cscc32)CC1. The molecule has 4 rings (SSSR count). The summed E-state index contributed by atoms with van der Waals surface area (Å²) in [6.07, 6.45) is 0. The first-order chi connectivity index (χ1) is 11.1. The average Bonchev–Trinajstić information content (AvgIpc) is 2.93. The third-order valence-corrected chi connectivity index (χ3v) is 4.98. The van der Waals surface area contributed by atoms with E-state index >= 15 is 0 Å². The normalized spacial score (nSPS) is 17.9. The van der Waals surface area contributed by atoms with Crippen molar-refractivity contribution >= 4 is 34.2 Å². The van der Waals surface area contributed by atoms with Gasteiger partial charge in [-0.05, 0) is 7.05 Å². The van der Waals surface area contributed by atoms with Crippen LogP contribution in [0.25, 0.3) is 0 Å². The van der Waals surface area contributed by atoms with Crippen molar-refractivity contribution in [2.24, 2.45) is 4.99 Å². The number of nitrogens with one attached hydrogen (secondary N) is 1. The van der Waals surface area contributed by atoms with Gasteiger partial charge in [0.1, 0.15) is 5.84 Å². The van der Waals surface area contributed by atoms with E-state index in [1.54, 1.807) is 11.3 Å². The molecular formula is C16H16F2N4S. The number of anilines is 2. The Morgan fingerprint density at radius 1 is 1.04 bits per heavy atom. The van der Waals surface area contributed by atoms with Crippen molar-refractivity contribution in [3.8, 4) is 0 Å². The molecule has 0 spiro atoms. The van der Waals surface area contributed by atoms with Crippen molar-refractivity contribution in [3.05, 3.63) is 40.1 Å². The minimum Gasteiger partial charge on any atom is -0.353 e. The number of likely N-dealkylation sites (N-methyl/N-ethyl adjacent to an activating group) is 1. The van der Waals surface area contributed by atoms with Crippen LogP contribution >= 0.6 is 11.3 Å². The quantitative estimate of drug-likeness (QED) is 0.801. The molecule has 120 valence electrons. The first-order valence-corrected chi connectivity index (χ1v) is 8.41. The number of benzene rings is 1. The zero-order valence-corrected chi connectivity index (χ0v) is 13.5. The molecule has 0 unspecified atom stereocenters. The van der Waals surface area contributed by atoms with Gasteiger partial charge >= 0.3 is 0 Å². The summed E-state index contributed by atoms with van der Waals surface area (Å²) in [5, 5.41) is 7.18. The first-order valence-electron chi connectivity index (χ1n) is 7.46. The van der Waals surface area contributed by atoms with Crippen LogP contribution < -0.4 is 5.32 Å². The summed E-state index contributed by atoms with van der Waals surface area (Å²) >= 11 is 1.57. The topological polar surface area (TPSA) is 30.9 Å². The Labute approximate surface area is 137 Å². The third-order valence-electron chi connectivity index (χ3n) is 4.24. The van der Waals surface area contributed by atoms with Gasteiger partial charge < -0.3 is 15.1 Å². The number of thiophene rings is 1. The lowest BCUT2D eigenvalue weighted by molar-refractivity contribution is 0.216. The van der Waals surface area contributed by atoms with Gasteiger partial charge in [0, 0.05) is 49.1 Å². The summed E-state index contributed by atoms with van der Waals surface area (Å²) in [7, 11) is 2.09. The third kappa shape index (κ3) is 2.60. The van der Waals surface area contributed by atoms with Crippen LogP contribution in [-0.4, -0.2) is 48.9 Å². The lowest BCUT2D eigenvalue weighted by atomic mass is 10.2. The fourth-order valence-electron chi connectivity index (χ4n) is 2.87. The number of piperazine rings is 1. The van der Waals surface area contributed by atoms with Gasteiger partial charge in [-0.3, -0.25) is 0 Å². The number of rotatable bonds is 0. The molecule has 0 aliphatic carbocycles. The molecule has 1 aromatic carbocycles. The van der Waals surface area contributed by atoms with E-state index in [-0.39, 0.29) is 0 Å². The summed E-state index contributed by atoms with van der Waals surface area (Å²) in [5.74, 6) is -0.922. The maximum atomic E-state index is 13.6. The molecule has 23 heavy (non-hydrogen) atoms. The highest BCUT2D eigenvalue weighted by Gasteiger charge is 2.25. The molecule has 0 bridgehead atoms. The fourth-order valence-corrected chi connectivity index (χ4v) is 3.63. The van der Waals surface area contributed by atoms with Gasteiger partial charge in [0.25, 0.3) is 0 Å². The van der Waals surface area contributed by atoms with Crippen LogP contribution in [0, 0.1) is 11.6 Å². The molecule has 4 nitrogen and oxygen atoms in total. The van der Waals surface area contributed by atoms with E-state index in [1.807, 2.05) is 10.8 Å². The predicted molar refractivity (Wildman–Crippen MR) is 89.2 cm³/mol. The molecule has 1 saturated heterocycles. The maximum absolute atomic E-state index is 13.6. The van der Waals surface area contributed by atoms with Crippen molar-refractivity contribution in [1.29, 1.82) is 0 Å². The van der Waals surface area contributed by atoms with E-state index in [4.69, 9.17) is 0 Å². The Balaban J connectivity index is 1.82. The molecule has 0 saturated carbocycles. The number of aliphatic imine (C=N–C) groups is 1. The lowest BCUT2D eigenvalue weighted by Crippen LogP contribution is -2.47. The second-order valence-corrected chi connectivity index (χ2v) is 6.58. The molecule has 7 heteroatoms. The minimum absolute atomic E-state index is 0.430. The summed E-state index contributed by atoms with van der Waals surface area (Å²) in [6, 6.07) is 2.32. The van der Waals surface area contributed by atoms with Gasteiger partial charge in [-0.1, -0.05) is 0 Å². The number of halogens is 2. The van der Waals surface area contributed by atoms with Crippen molar-refractivity contribution < 1.29 is 8.78 Å². The maximum Gasteiger partial charge on any atom is 0.161 e. The number of hydrogen-bond donors (Lipinski definition) is 1.